The van der Waals surface area contributed by atoms with E-state index >= 15 is 0 Å². The summed E-state index contributed by atoms with van der Waals surface area (Å²) in [5.41, 5.74) is 0.180. The Morgan fingerprint density at radius 3 is 2.35 bits per heavy atom. The zero-order valence-electron chi connectivity index (χ0n) is 18.0. The van der Waals surface area contributed by atoms with E-state index < -0.39 is 19.4 Å². The van der Waals surface area contributed by atoms with Crippen molar-refractivity contribution in [3.05, 3.63) is 78.4 Å². The van der Waals surface area contributed by atoms with Crippen LogP contribution in [0.2, 0.25) is 0 Å². The minimum Gasteiger partial charge on any atom is -0.464 e. The van der Waals surface area contributed by atoms with Gasteiger partial charge in [0.25, 0.3) is 0 Å². The van der Waals surface area contributed by atoms with Crippen molar-refractivity contribution in [1.82, 2.24) is 0 Å². The molecule has 3 aromatic carbocycles. The van der Waals surface area contributed by atoms with Crippen LogP contribution in [0.3, 0.4) is 0 Å². The van der Waals surface area contributed by atoms with Crippen LogP contribution in [0.15, 0.2) is 77.7 Å². The first-order valence-corrected chi connectivity index (χ1v) is 13.4. The zero-order valence-corrected chi connectivity index (χ0v) is 19.8. The molecule has 4 nitrogen and oxygen atoms in total. The Kier molecular flexibility index (Phi) is 8.77. The summed E-state index contributed by atoms with van der Waals surface area (Å²) in [5, 5.41) is 2.34. The van der Waals surface area contributed by atoms with Gasteiger partial charge in [0, 0.05) is 29.6 Å². The molecule has 0 aliphatic carbocycles. The molecule has 0 amide bonds. The van der Waals surface area contributed by atoms with Gasteiger partial charge in [0.15, 0.2) is 5.60 Å². The maximum Gasteiger partial charge on any atom is 0.339 e. The highest BCUT2D eigenvalue weighted by Gasteiger charge is 2.42. The fourth-order valence-corrected chi connectivity index (χ4v) is 6.72. The summed E-state index contributed by atoms with van der Waals surface area (Å²) in [6, 6.07) is 24.1. The second-order valence-electron chi connectivity index (χ2n) is 7.32. The molecular weight excluding hydrogens is 427 g/mol. The molecule has 6 heteroatoms. The van der Waals surface area contributed by atoms with Crippen molar-refractivity contribution in [1.29, 1.82) is 0 Å². The lowest BCUT2D eigenvalue weighted by atomic mass is 9.96. The summed E-state index contributed by atoms with van der Waals surface area (Å²) in [6.07, 6.45) is 0.511. The molecule has 3 rings (SSSR count). The van der Waals surface area contributed by atoms with Crippen molar-refractivity contribution in [3.8, 4) is 0 Å². The Labute approximate surface area is 189 Å². The van der Waals surface area contributed by atoms with E-state index in [0.29, 0.717) is 18.5 Å². The first kappa shape index (κ1) is 23.6. The SMILES string of the molecule is CCOC(=O)C(Cc1ccccc1)(C[PH](=O)CSc1ccc2ccccc2c1)OCC. The average molecular weight is 457 g/mol. The third-order valence-corrected chi connectivity index (χ3v) is 8.42. The molecule has 0 fully saturated rings. The van der Waals surface area contributed by atoms with Crippen molar-refractivity contribution in [2.75, 3.05) is 24.9 Å². The van der Waals surface area contributed by atoms with Crippen LogP contribution in [0, 0.1) is 0 Å². The van der Waals surface area contributed by atoms with E-state index in [1.54, 1.807) is 18.7 Å². The molecule has 0 bridgehead atoms. The minimum atomic E-state index is -2.11. The molecule has 0 aliphatic rings. The van der Waals surface area contributed by atoms with Crippen LogP contribution in [0.25, 0.3) is 10.8 Å². The molecule has 0 aliphatic heterocycles. The standard InChI is InChI=1S/C25H29O4PS/c1-3-28-24(26)25(29-4-2,17-20-10-6-5-7-11-20)18-30(27)19-31-23-15-14-21-12-8-9-13-22(21)16-23/h5-16,30H,3-4,17-19H2,1-2H3. The minimum absolute atomic E-state index is 0.166. The van der Waals surface area contributed by atoms with Crippen molar-refractivity contribution in [2.45, 2.75) is 30.8 Å². The topological polar surface area (TPSA) is 52.6 Å². The molecule has 164 valence electrons. The number of rotatable bonds is 11. The van der Waals surface area contributed by atoms with Crippen molar-refractivity contribution in [2.24, 2.45) is 0 Å². The Morgan fingerprint density at radius 2 is 1.65 bits per heavy atom. The first-order valence-electron chi connectivity index (χ1n) is 10.5. The summed E-state index contributed by atoms with van der Waals surface area (Å²) in [6.45, 7) is 4.23. The van der Waals surface area contributed by atoms with Gasteiger partial charge in [0.2, 0.25) is 0 Å². The molecule has 0 spiro atoms. The maximum atomic E-state index is 13.1. The molecular formula is C25H29O4PS. The number of ether oxygens (including phenoxy) is 2. The van der Waals surface area contributed by atoms with E-state index in [0.717, 1.165) is 15.8 Å². The molecule has 2 atom stereocenters. The number of hydrogen-bond acceptors (Lipinski definition) is 5. The number of hydrogen-bond donors (Lipinski definition) is 0. The van der Waals surface area contributed by atoms with Crippen molar-refractivity contribution >= 4 is 36.3 Å². The Hall–Kier alpha value is -2.07. The van der Waals surface area contributed by atoms with E-state index in [9.17, 15) is 9.36 Å². The molecule has 0 saturated heterocycles. The highest BCUT2D eigenvalue weighted by Crippen LogP contribution is 2.38. The highest BCUT2D eigenvalue weighted by molar-refractivity contribution is 8.03. The lowest BCUT2D eigenvalue weighted by molar-refractivity contribution is -0.168. The van der Waals surface area contributed by atoms with Gasteiger partial charge in [0.05, 0.1) is 14.4 Å². The summed E-state index contributed by atoms with van der Waals surface area (Å²) < 4.78 is 24.5. The van der Waals surface area contributed by atoms with Crippen molar-refractivity contribution < 1.29 is 18.8 Å². The third kappa shape index (κ3) is 6.46. The normalized spacial score (nSPS) is 14.1. The molecule has 3 aromatic rings. The zero-order chi connectivity index (χ0) is 22.1. The monoisotopic (exact) mass is 456 g/mol. The van der Waals surface area contributed by atoms with Gasteiger partial charge in [-0.05, 0) is 42.3 Å². The summed E-state index contributed by atoms with van der Waals surface area (Å²) in [4.78, 5) is 14.0. The van der Waals surface area contributed by atoms with Gasteiger partial charge >= 0.3 is 5.97 Å². The molecule has 31 heavy (non-hydrogen) atoms. The summed E-state index contributed by atoms with van der Waals surface area (Å²) in [7, 11) is -2.11. The van der Waals surface area contributed by atoms with Gasteiger partial charge in [-0.3, -0.25) is 0 Å². The van der Waals surface area contributed by atoms with E-state index in [2.05, 4.69) is 24.3 Å². The highest BCUT2D eigenvalue weighted by atomic mass is 32.2. The van der Waals surface area contributed by atoms with Crippen LogP contribution in [-0.2, 0) is 25.3 Å². The van der Waals surface area contributed by atoms with Crippen LogP contribution < -0.4 is 0 Å². The van der Waals surface area contributed by atoms with Gasteiger partial charge in [0.1, 0.15) is 0 Å². The predicted octanol–water partition coefficient (Wildman–Crippen LogP) is 6.03. The maximum absolute atomic E-state index is 13.1. The fraction of sp³-hybridized carbons (Fsp3) is 0.320. The molecule has 2 unspecified atom stereocenters. The second kappa shape index (κ2) is 11.5. The van der Waals surface area contributed by atoms with Crippen LogP contribution in [0.5, 0.6) is 0 Å². The number of carbonyl (C=O) groups excluding carboxylic acids is 1. The van der Waals surface area contributed by atoms with Crippen molar-refractivity contribution in [3.63, 3.8) is 0 Å². The largest absolute Gasteiger partial charge is 0.464 e. The van der Waals surface area contributed by atoms with E-state index in [4.69, 9.17) is 9.47 Å². The molecule has 0 saturated carbocycles. The predicted molar refractivity (Wildman–Crippen MR) is 130 cm³/mol. The van der Waals surface area contributed by atoms with Crippen LogP contribution in [0.4, 0.5) is 0 Å². The average Bonchev–Trinajstić information content (AvgIpc) is 2.78. The third-order valence-electron chi connectivity index (χ3n) is 5.00. The van der Waals surface area contributed by atoms with Gasteiger partial charge < -0.3 is 14.0 Å². The molecule has 0 radical (unpaired) electrons. The van der Waals surface area contributed by atoms with Gasteiger partial charge in [-0.2, -0.15) is 0 Å². The Balaban J connectivity index is 1.74. The van der Waals surface area contributed by atoms with E-state index in [1.165, 1.54) is 5.39 Å². The van der Waals surface area contributed by atoms with Gasteiger partial charge in [-0.1, -0.05) is 60.7 Å². The summed E-state index contributed by atoms with van der Waals surface area (Å²) >= 11 is 1.56. The summed E-state index contributed by atoms with van der Waals surface area (Å²) in [5.74, 6) is -0.435. The molecule has 0 aromatic heterocycles. The quantitative estimate of drug-likeness (QED) is 0.200. The molecule has 0 heterocycles. The smallest absolute Gasteiger partial charge is 0.339 e. The first-order chi connectivity index (χ1) is 15.1. The number of fused-ring (bicyclic) bond motifs is 1. The number of benzene rings is 3. The molecule has 0 N–H and O–H groups in total. The van der Waals surface area contributed by atoms with Gasteiger partial charge in [-0.15, -0.1) is 11.8 Å². The van der Waals surface area contributed by atoms with Gasteiger partial charge in [-0.25, -0.2) is 4.79 Å². The fourth-order valence-electron chi connectivity index (χ4n) is 3.62. The second-order valence-corrected chi connectivity index (χ2v) is 10.7. The number of carbonyl (C=O) groups is 1. The van der Waals surface area contributed by atoms with E-state index in [1.807, 2.05) is 55.5 Å². The lowest BCUT2D eigenvalue weighted by Crippen LogP contribution is -2.47. The number of thioether (sulfide) groups is 1. The Bertz CT molecular complexity index is 1020. The van der Waals surface area contributed by atoms with E-state index in [-0.39, 0.29) is 12.8 Å². The number of esters is 1. The Morgan fingerprint density at radius 1 is 0.935 bits per heavy atom. The van der Waals surface area contributed by atoms with Crippen LogP contribution in [0.1, 0.15) is 19.4 Å². The lowest BCUT2D eigenvalue weighted by Gasteiger charge is -2.31. The van der Waals surface area contributed by atoms with Crippen LogP contribution in [-0.4, -0.2) is 36.4 Å². The van der Waals surface area contributed by atoms with Crippen LogP contribution >= 0.6 is 19.6 Å².